The fourth-order valence-corrected chi connectivity index (χ4v) is 0.954. The van der Waals surface area contributed by atoms with Crippen molar-refractivity contribution in [3.05, 3.63) is 16.8 Å². The highest BCUT2D eigenvalue weighted by molar-refractivity contribution is 5.66. The van der Waals surface area contributed by atoms with Crippen molar-refractivity contribution in [2.45, 2.75) is 19.4 Å². The Morgan fingerprint density at radius 1 is 1.69 bits per heavy atom. The zero-order valence-electron chi connectivity index (χ0n) is 7.30. The van der Waals surface area contributed by atoms with E-state index in [0.717, 1.165) is 0 Å². The van der Waals surface area contributed by atoms with Gasteiger partial charge in [0.15, 0.2) is 0 Å². The molecule has 0 amide bonds. The molecule has 6 nitrogen and oxygen atoms in total. The van der Waals surface area contributed by atoms with Gasteiger partial charge in [0.1, 0.15) is 6.33 Å². The second kappa shape index (κ2) is 3.88. The minimum absolute atomic E-state index is 0.0585. The molecule has 0 aliphatic rings. The summed E-state index contributed by atoms with van der Waals surface area (Å²) in [5.74, 6) is -0.857. The summed E-state index contributed by atoms with van der Waals surface area (Å²) in [5.41, 5.74) is -0.217. The van der Waals surface area contributed by atoms with Crippen LogP contribution in [0.4, 0.5) is 0 Å². The van der Waals surface area contributed by atoms with Crippen molar-refractivity contribution >= 4 is 5.97 Å². The van der Waals surface area contributed by atoms with E-state index in [2.05, 4.69) is 5.10 Å². The first kappa shape index (κ1) is 9.50. The normalized spacial score (nSPS) is 10.2. The maximum Gasteiger partial charge on any atom is 0.345 e. The van der Waals surface area contributed by atoms with Crippen molar-refractivity contribution in [3.63, 3.8) is 0 Å². The van der Waals surface area contributed by atoms with Gasteiger partial charge in [-0.05, 0) is 6.42 Å². The first-order valence-corrected chi connectivity index (χ1v) is 3.91. The highest BCUT2D eigenvalue weighted by Crippen LogP contribution is 1.90. The predicted molar refractivity (Wildman–Crippen MR) is 44.3 cm³/mol. The largest absolute Gasteiger partial charge is 0.481 e. The van der Waals surface area contributed by atoms with Gasteiger partial charge < -0.3 is 5.11 Å². The molecule has 0 atom stereocenters. The molecule has 0 fully saturated rings. The molecule has 6 heteroatoms. The fraction of sp³-hybridized carbons (Fsp3) is 0.571. The number of rotatable bonds is 4. The van der Waals surface area contributed by atoms with Crippen LogP contribution in [0, 0.1) is 0 Å². The van der Waals surface area contributed by atoms with Crippen LogP contribution in [0.3, 0.4) is 0 Å². The molecule has 0 saturated carbocycles. The summed E-state index contributed by atoms with van der Waals surface area (Å²) >= 11 is 0. The summed E-state index contributed by atoms with van der Waals surface area (Å²) in [6.45, 7) is 0.353. The van der Waals surface area contributed by atoms with Crippen molar-refractivity contribution in [2.75, 3.05) is 0 Å². The van der Waals surface area contributed by atoms with Crippen LogP contribution in [0.5, 0.6) is 0 Å². The second-order valence-electron chi connectivity index (χ2n) is 2.74. The minimum atomic E-state index is -0.857. The third-order valence-corrected chi connectivity index (χ3v) is 1.65. The van der Waals surface area contributed by atoms with Crippen LogP contribution >= 0.6 is 0 Å². The number of aromatic nitrogens is 3. The first-order chi connectivity index (χ1) is 6.11. The number of aliphatic carboxylic acids is 1. The summed E-state index contributed by atoms with van der Waals surface area (Å²) in [6.07, 6.45) is 1.89. The van der Waals surface area contributed by atoms with E-state index in [-0.39, 0.29) is 12.1 Å². The van der Waals surface area contributed by atoms with Gasteiger partial charge in [0, 0.05) is 20.0 Å². The van der Waals surface area contributed by atoms with Crippen molar-refractivity contribution < 1.29 is 9.90 Å². The minimum Gasteiger partial charge on any atom is -0.481 e. The lowest BCUT2D eigenvalue weighted by molar-refractivity contribution is -0.137. The maximum atomic E-state index is 11.2. The number of carboxylic acids is 1. The van der Waals surface area contributed by atoms with Gasteiger partial charge in [-0.2, -0.15) is 5.10 Å². The SMILES string of the molecule is Cn1cnn(CCCC(=O)O)c1=O. The van der Waals surface area contributed by atoms with Crippen LogP contribution in [-0.4, -0.2) is 25.4 Å². The van der Waals surface area contributed by atoms with Crippen LogP contribution < -0.4 is 5.69 Å². The van der Waals surface area contributed by atoms with E-state index in [0.29, 0.717) is 13.0 Å². The van der Waals surface area contributed by atoms with Crippen molar-refractivity contribution in [3.8, 4) is 0 Å². The lowest BCUT2D eigenvalue weighted by atomic mass is 10.3. The highest BCUT2D eigenvalue weighted by atomic mass is 16.4. The molecule has 0 saturated heterocycles. The number of aryl methyl sites for hydroxylation is 2. The molecule has 0 spiro atoms. The molecule has 0 radical (unpaired) electrons. The Hall–Kier alpha value is -1.59. The molecule has 1 rings (SSSR count). The van der Waals surface area contributed by atoms with Crippen LogP contribution in [0.2, 0.25) is 0 Å². The Morgan fingerprint density at radius 3 is 2.85 bits per heavy atom. The predicted octanol–water partition coefficient (Wildman–Crippen LogP) is -0.553. The molecule has 1 aromatic heterocycles. The smallest absolute Gasteiger partial charge is 0.345 e. The maximum absolute atomic E-state index is 11.2. The summed E-state index contributed by atoms with van der Waals surface area (Å²) < 4.78 is 2.60. The fourth-order valence-electron chi connectivity index (χ4n) is 0.954. The molecule has 0 aromatic carbocycles. The van der Waals surface area contributed by atoms with Gasteiger partial charge in [-0.1, -0.05) is 0 Å². The van der Waals surface area contributed by atoms with Gasteiger partial charge in [-0.3, -0.25) is 9.36 Å². The van der Waals surface area contributed by atoms with E-state index in [1.54, 1.807) is 7.05 Å². The summed E-state index contributed by atoms with van der Waals surface area (Å²) in [7, 11) is 1.60. The molecule has 13 heavy (non-hydrogen) atoms. The average molecular weight is 185 g/mol. The van der Waals surface area contributed by atoms with Gasteiger partial charge in [0.05, 0.1) is 0 Å². The number of nitrogens with zero attached hydrogens (tertiary/aromatic N) is 3. The average Bonchev–Trinajstić information content (AvgIpc) is 2.35. The van der Waals surface area contributed by atoms with Crippen molar-refractivity contribution in [1.29, 1.82) is 0 Å². The topological polar surface area (TPSA) is 77.1 Å². The van der Waals surface area contributed by atoms with E-state index in [9.17, 15) is 9.59 Å². The third-order valence-electron chi connectivity index (χ3n) is 1.65. The molecular formula is C7H11N3O3. The Bertz CT molecular complexity index is 352. The second-order valence-corrected chi connectivity index (χ2v) is 2.74. The van der Waals surface area contributed by atoms with Crippen LogP contribution in [0.1, 0.15) is 12.8 Å². The van der Waals surface area contributed by atoms with Gasteiger partial charge in [0.2, 0.25) is 0 Å². The van der Waals surface area contributed by atoms with Crippen LogP contribution in [0.25, 0.3) is 0 Å². The Labute approximate surface area is 74.4 Å². The molecule has 1 heterocycles. The third kappa shape index (κ3) is 2.43. The summed E-state index contributed by atoms with van der Waals surface area (Å²) in [6, 6.07) is 0. The monoisotopic (exact) mass is 185 g/mol. The Kier molecular flexibility index (Phi) is 2.84. The first-order valence-electron chi connectivity index (χ1n) is 3.91. The van der Waals surface area contributed by atoms with Crippen molar-refractivity contribution in [1.82, 2.24) is 14.3 Å². The molecule has 72 valence electrons. The van der Waals surface area contributed by atoms with E-state index in [1.165, 1.54) is 15.6 Å². The summed E-state index contributed by atoms with van der Waals surface area (Å²) in [5, 5.41) is 12.1. The van der Waals surface area contributed by atoms with Crippen LogP contribution in [0.15, 0.2) is 11.1 Å². The highest BCUT2D eigenvalue weighted by Gasteiger charge is 2.02. The molecule has 0 aliphatic heterocycles. The lowest BCUT2D eigenvalue weighted by Crippen LogP contribution is -2.23. The molecule has 1 N–H and O–H groups in total. The Morgan fingerprint density at radius 2 is 2.38 bits per heavy atom. The van der Waals surface area contributed by atoms with E-state index >= 15 is 0 Å². The zero-order chi connectivity index (χ0) is 9.84. The van der Waals surface area contributed by atoms with Gasteiger partial charge in [-0.15, -0.1) is 0 Å². The van der Waals surface area contributed by atoms with Gasteiger partial charge in [0.25, 0.3) is 0 Å². The molecule has 0 unspecified atom stereocenters. The lowest BCUT2D eigenvalue weighted by Gasteiger charge is -1.95. The van der Waals surface area contributed by atoms with Gasteiger partial charge in [-0.25, -0.2) is 9.48 Å². The van der Waals surface area contributed by atoms with E-state index in [1.807, 2.05) is 0 Å². The zero-order valence-corrected chi connectivity index (χ0v) is 7.30. The number of carbonyl (C=O) groups is 1. The summed E-state index contributed by atoms with van der Waals surface area (Å²) in [4.78, 5) is 21.3. The molecule has 0 bridgehead atoms. The number of hydrogen-bond donors (Lipinski definition) is 1. The molecular weight excluding hydrogens is 174 g/mol. The molecule has 0 aliphatic carbocycles. The van der Waals surface area contributed by atoms with E-state index in [4.69, 9.17) is 5.11 Å². The number of hydrogen-bond acceptors (Lipinski definition) is 3. The standard InChI is InChI=1S/C7H11N3O3/c1-9-5-8-10(7(9)13)4-2-3-6(11)12/h5H,2-4H2,1H3,(H,11,12). The van der Waals surface area contributed by atoms with Crippen LogP contribution in [-0.2, 0) is 18.4 Å². The number of carboxylic acid groups (broad SMARTS) is 1. The quantitative estimate of drug-likeness (QED) is 0.682. The van der Waals surface area contributed by atoms with Crippen molar-refractivity contribution in [2.24, 2.45) is 7.05 Å². The van der Waals surface area contributed by atoms with E-state index < -0.39 is 5.97 Å². The van der Waals surface area contributed by atoms with Gasteiger partial charge >= 0.3 is 11.7 Å². The molecule has 1 aromatic rings. The Balaban J connectivity index is 2.51.